The Bertz CT molecular complexity index is 1070. The van der Waals surface area contributed by atoms with E-state index in [9.17, 15) is 4.79 Å². The maximum Gasteiger partial charge on any atom is 0.203 e. The van der Waals surface area contributed by atoms with E-state index in [-0.39, 0.29) is 0 Å². The molecule has 0 unspecified atom stereocenters. The lowest BCUT2D eigenvalue weighted by Gasteiger charge is -2.20. The summed E-state index contributed by atoms with van der Waals surface area (Å²) in [7, 11) is 4.72. The van der Waals surface area contributed by atoms with Crippen LogP contribution in [0.5, 0.6) is 23.0 Å². The van der Waals surface area contributed by atoms with Crippen molar-refractivity contribution in [1.82, 2.24) is 0 Å². The second-order valence-corrected chi connectivity index (χ2v) is 6.86. The van der Waals surface area contributed by atoms with Gasteiger partial charge in [0.15, 0.2) is 11.5 Å². The topological polar surface area (TPSA) is 54.0 Å². The highest BCUT2D eigenvalue weighted by molar-refractivity contribution is 5.89. The Hall–Kier alpha value is -3.73. The first-order valence-electron chi connectivity index (χ1n) is 9.85. The van der Waals surface area contributed by atoms with E-state index in [1.165, 1.54) is 6.08 Å². The summed E-state index contributed by atoms with van der Waals surface area (Å²) in [5, 5.41) is 0. The summed E-state index contributed by atoms with van der Waals surface area (Å²) in [5.41, 5.74) is 4.63. The van der Waals surface area contributed by atoms with Crippen molar-refractivity contribution in [2.45, 2.75) is 13.5 Å². The van der Waals surface area contributed by atoms with Gasteiger partial charge in [0.05, 0.1) is 21.3 Å². The summed E-state index contributed by atoms with van der Waals surface area (Å²) in [6.07, 6.45) is 3.91. The van der Waals surface area contributed by atoms with Crippen molar-refractivity contribution < 1.29 is 23.7 Å². The number of methoxy groups -OCH3 is 3. The van der Waals surface area contributed by atoms with Crippen molar-refractivity contribution in [2.24, 2.45) is 0 Å². The number of rotatable bonds is 9. The molecule has 0 saturated heterocycles. The van der Waals surface area contributed by atoms with E-state index < -0.39 is 0 Å². The van der Waals surface area contributed by atoms with E-state index in [1.807, 2.05) is 61.5 Å². The first kappa shape index (κ1) is 22.0. The molecule has 0 aliphatic heterocycles. The largest absolute Gasteiger partial charge is 0.493 e. The molecule has 0 heterocycles. The summed E-state index contributed by atoms with van der Waals surface area (Å²) in [6, 6.07) is 17.7. The normalized spacial score (nSPS) is 10.7. The molecular weight excluding hydrogens is 392 g/mol. The number of carbonyl (C=O) groups excluding carboxylic acids is 1. The minimum Gasteiger partial charge on any atom is -0.493 e. The summed E-state index contributed by atoms with van der Waals surface area (Å²) >= 11 is 0. The standard InChI is InChI=1S/C26H26O5/c1-18-15-21(31-17-19-9-6-5-7-10-19)12-13-22(18)24-20(11-8-14-27)16-23(28-2)25(29-3)26(24)30-4/h5-16H,17H2,1-4H3/b11-8-. The summed E-state index contributed by atoms with van der Waals surface area (Å²) < 4.78 is 22.7. The number of allylic oxidation sites excluding steroid dienone is 1. The third kappa shape index (κ3) is 4.89. The van der Waals surface area contributed by atoms with Gasteiger partial charge in [-0.25, -0.2) is 0 Å². The Labute approximate surface area is 182 Å². The molecule has 0 aliphatic rings. The molecular formula is C26H26O5. The van der Waals surface area contributed by atoms with Gasteiger partial charge < -0.3 is 18.9 Å². The van der Waals surface area contributed by atoms with Gasteiger partial charge in [-0.15, -0.1) is 0 Å². The van der Waals surface area contributed by atoms with Crippen LogP contribution in [0, 0.1) is 6.92 Å². The Kier molecular flexibility index (Phi) is 7.33. The van der Waals surface area contributed by atoms with Crippen molar-refractivity contribution in [3.63, 3.8) is 0 Å². The van der Waals surface area contributed by atoms with Crippen molar-refractivity contribution in [3.8, 4) is 34.1 Å². The average molecular weight is 418 g/mol. The first-order chi connectivity index (χ1) is 15.1. The first-order valence-corrected chi connectivity index (χ1v) is 9.85. The fourth-order valence-corrected chi connectivity index (χ4v) is 3.47. The SMILES string of the molecule is COc1cc(/C=C\C=O)c(-c2ccc(OCc3ccccc3)cc2C)c(OC)c1OC. The van der Waals surface area contributed by atoms with E-state index in [0.29, 0.717) is 23.9 Å². The van der Waals surface area contributed by atoms with Crippen LogP contribution in [0.4, 0.5) is 0 Å². The van der Waals surface area contributed by atoms with Crippen molar-refractivity contribution in [3.05, 3.63) is 77.4 Å². The maximum atomic E-state index is 11.0. The lowest BCUT2D eigenvalue weighted by Crippen LogP contribution is -2.00. The van der Waals surface area contributed by atoms with E-state index in [2.05, 4.69) is 0 Å². The second kappa shape index (κ2) is 10.3. The third-order valence-electron chi connectivity index (χ3n) is 4.93. The number of aldehydes is 1. The van der Waals surface area contributed by atoms with Crippen LogP contribution in [-0.4, -0.2) is 27.6 Å². The Morgan fingerprint density at radius 2 is 1.61 bits per heavy atom. The molecule has 5 heteroatoms. The van der Waals surface area contributed by atoms with Gasteiger partial charge in [0.2, 0.25) is 5.75 Å². The number of hydrogen-bond acceptors (Lipinski definition) is 5. The van der Waals surface area contributed by atoms with Crippen LogP contribution in [0.1, 0.15) is 16.7 Å². The molecule has 0 spiro atoms. The highest BCUT2D eigenvalue weighted by Gasteiger charge is 2.22. The molecule has 3 aromatic rings. The van der Waals surface area contributed by atoms with E-state index in [0.717, 1.165) is 39.9 Å². The molecule has 0 fully saturated rings. The smallest absolute Gasteiger partial charge is 0.203 e. The van der Waals surface area contributed by atoms with Gasteiger partial charge in [0.1, 0.15) is 18.6 Å². The predicted octanol–water partition coefficient (Wildman–Crippen LogP) is 5.48. The zero-order valence-corrected chi connectivity index (χ0v) is 18.2. The molecule has 3 aromatic carbocycles. The molecule has 0 saturated carbocycles. The summed E-state index contributed by atoms with van der Waals surface area (Å²) in [6.45, 7) is 2.50. The van der Waals surface area contributed by atoms with Crippen molar-refractivity contribution in [1.29, 1.82) is 0 Å². The molecule has 0 aromatic heterocycles. The molecule has 0 aliphatic carbocycles. The quantitative estimate of drug-likeness (QED) is 0.340. The molecule has 0 bridgehead atoms. The molecule has 0 radical (unpaired) electrons. The number of aryl methyl sites for hydroxylation is 1. The maximum absolute atomic E-state index is 11.0. The number of hydrogen-bond donors (Lipinski definition) is 0. The minimum absolute atomic E-state index is 0.493. The fourth-order valence-electron chi connectivity index (χ4n) is 3.47. The van der Waals surface area contributed by atoms with Gasteiger partial charge in [0.25, 0.3) is 0 Å². The highest BCUT2D eigenvalue weighted by atomic mass is 16.5. The van der Waals surface area contributed by atoms with E-state index in [1.54, 1.807) is 27.4 Å². The Morgan fingerprint density at radius 1 is 0.871 bits per heavy atom. The van der Waals surface area contributed by atoms with Crippen LogP contribution in [0.15, 0.2) is 60.7 Å². The number of carbonyl (C=O) groups is 1. The number of ether oxygens (including phenoxy) is 4. The molecule has 160 valence electrons. The van der Waals surface area contributed by atoms with E-state index in [4.69, 9.17) is 18.9 Å². The van der Waals surface area contributed by atoms with E-state index >= 15 is 0 Å². The van der Waals surface area contributed by atoms with Crippen LogP contribution in [0.2, 0.25) is 0 Å². The lowest BCUT2D eigenvalue weighted by atomic mass is 9.93. The molecule has 0 amide bonds. The summed E-state index contributed by atoms with van der Waals surface area (Å²) in [5.74, 6) is 2.32. The van der Waals surface area contributed by atoms with Gasteiger partial charge >= 0.3 is 0 Å². The molecule has 5 nitrogen and oxygen atoms in total. The molecule has 31 heavy (non-hydrogen) atoms. The van der Waals surface area contributed by atoms with Crippen LogP contribution >= 0.6 is 0 Å². The predicted molar refractivity (Wildman–Crippen MR) is 122 cm³/mol. The molecule has 0 N–H and O–H groups in total. The van der Waals surface area contributed by atoms with Gasteiger partial charge in [-0.05, 0) is 53.5 Å². The monoisotopic (exact) mass is 418 g/mol. The highest BCUT2D eigenvalue weighted by Crippen LogP contribution is 2.48. The van der Waals surface area contributed by atoms with Gasteiger partial charge in [-0.1, -0.05) is 42.5 Å². The molecule has 0 atom stereocenters. The van der Waals surface area contributed by atoms with Gasteiger partial charge in [-0.3, -0.25) is 4.79 Å². The van der Waals surface area contributed by atoms with Crippen molar-refractivity contribution >= 4 is 12.4 Å². The van der Waals surface area contributed by atoms with Crippen LogP contribution in [-0.2, 0) is 11.4 Å². The fraction of sp³-hybridized carbons (Fsp3) is 0.192. The zero-order chi connectivity index (χ0) is 22.2. The zero-order valence-electron chi connectivity index (χ0n) is 18.2. The Balaban J connectivity index is 2.06. The van der Waals surface area contributed by atoms with Crippen LogP contribution < -0.4 is 18.9 Å². The van der Waals surface area contributed by atoms with Crippen molar-refractivity contribution in [2.75, 3.05) is 21.3 Å². The Morgan fingerprint density at radius 3 is 2.23 bits per heavy atom. The van der Waals surface area contributed by atoms with Gasteiger partial charge in [-0.2, -0.15) is 0 Å². The van der Waals surface area contributed by atoms with Gasteiger partial charge in [0, 0.05) is 5.56 Å². The second-order valence-electron chi connectivity index (χ2n) is 6.86. The summed E-state index contributed by atoms with van der Waals surface area (Å²) in [4.78, 5) is 11.0. The third-order valence-corrected chi connectivity index (χ3v) is 4.93. The average Bonchev–Trinajstić information content (AvgIpc) is 2.81. The minimum atomic E-state index is 0.493. The van der Waals surface area contributed by atoms with Crippen LogP contribution in [0.3, 0.4) is 0 Å². The molecule has 3 rings (SSSR count). The van der Waals surface area contributed by atoms with Crippen LogP contribution in [0.25, 0.3) is 17.2 Å². The lowest BCUT2D eigenvalue weighted by molar-refractivity contribution is -0.104. The number of benzene rings is 3.